The number of nitrogens with zero attached hydrogens (tertiary/aromatic N) is 2. The van der Waals surface area contributed by atoms with Crippen molar-refractivity contribution in [2.24, 2.45) is 0 Å². The van der Waals surface area contributed by atoms with Gasteiger partial charge in [0.2, 0.25) is 5.91 Å². The summed E-state index contributed by atoms with van der Waals surface area (Å²) in [7, 11) is -3.22. The van der Waals surface area contributed by atoms with E-state index in [1.54, 1.807) is 19.1 Å². The number of aliphatic hydroxyl groups is 1. The number of hydrogen-bond donors (Lipinski definition) is 1. The van der Waals surface area contributed by atoms with Crippen molar-refractivity contribution in [2.75, 3.05) is 39.0 Å². The quantitative estimate of drug-likeness (QED) is 0.872. The summed E-state index contributed by atoms with van der Waals surface area (Å²) in [5.74, 6) is 0.0868. The molecule has 1 N–H and O–H groups in total. The van der Waals surface area contributed by atoms with Gasteiger partial charge in [-0.15, -0.1) is 0 Å². The third kappa shape index (κ3) is 5.02. The minimum absolute atomic E-state index is 0.0868. The van der Waals surface area contributed by atoms with Crippen molar-refractivity contribution in [1.29, 1.82) is 0 Å². The highest BCUT2D eigenvalue weighted by Gasteiger charge is 2.19. The molecule has 0 saturated carbocycles. The molecule has 1 saturated heterocycles. The molecule has 1 aromatic rings. The third-order valence-corrected chi connectivity index (χ3v) is 5.29. The van der Waals surface area contributed by atoms with Crippen LogP contribution in [-0.4, -0.2) is 68.2 Å². The lowest BCUT2D eigenvalue weighted by atomic mass is 10.1. The van der Waals surface area contributed by atoms with E-state index < -0.39 is 15.9 Å². The summed E-state index contributed by atoms with van der Waals surface area (Å²) in [6, 6.07) is 6.35. The first-order chi connectivity index (χ1) is 10.8. The maximum absolute atomic E-state index is 11.5. The molecule has 6 nitrogen and oxygen atoms in total. The second-order valence-corrected chi connectivity index (χ2v) is 8.03. The summed E-state index contributed by atoms with van der Waals surface area (Å²) < 4.78 is 22.9. The first-order valence-electron chi connectivity index (χ1n) is 7.73. The van der Waals surface area contributed by atoms with E-state index in [2.05, 4.69) is 4.90 Å². The average molecular weight is 340 g/mol. The Kier molecular flexibility index (Phi) is 5.78. The standard InChI is InChI=1S/C16H24N2O4S/c1-13(19)18-9-3-8-17(10-11-18)12-16(20)14-4-6-15(7-5-14)23(2,21)22/h4-7,16,20H,3,8-12H2,1-2H3/t16-/m0/s1. The summed E-state index contributed by atoms with van der Waals surface area (Å²) in [4.78, 5) is 15.6. The van der Waals surface area contributed by atoms with Crippen LogP contribution in [0, 0.1) is 0 Å². The molecule has 0 radical (unpaired) electrons. The lowest BCUT2D eigenvalue weighted by molar-refractivity contribution is -0.128. The van der Waals surface area contributed by atoms with Gasteiger partial charge in [0.25, 0.3) is 0 Å². The third-order valence-electron chi connectivity index (χ3n) is 4.16. The number of benzene rings is 1. The summed E-state index contributed by atoms with van der Waals surface area (Å²) in [6.45, 7) is 5.05. The predicted molar refractivity (Wildman–Crippen MR) is 87.8 cm³/mol. The number of carbonyl (C=O) groups excluding carboxylic acids is 1. The average Bonchev–Trinajstić information content (AvgIpc) is 2.72. The molecule has 2 rings (SSSR count). The van der Waals surface area contributed by atoms with Crippen molar-refractivity contribution >= 4 is 15.7 Å². The molecule has 0 unspecified atom stereocenters. The molecule has 0 bridgehead atoms. The van der Waals surface area contributed by atoms with Crippen LogP contribution in [0.2, 0.25) is 0 Å². The fraction of sp³-hybridized carbons (Fsp3) is 0.562. The highest BCUT2D eigenvalue weighted by Crippen LogP contribution is 2.18. The van der Waals surface area contributed by atoms with E-state index in [0.717, 1.165) is 32.3 Å². The highest BCUT2D eigenvalue weighted by molar-refractivity contribution is 7.90. The normalized spacial score (nSPS) is 18.5. The van der Waals surface area contributed by atoms with Gasteiger partial charge in [0.15, 0.2) is 9.84 Å². The number of rotatable bonds is 4. The second-order valence-electron chi connectivity index (χ2n) is 6.02. The van der Waals surface area contributed by atoms with E-state index in [0.29, 0.717) is 18.7 Å². The Hall–Kier alpha value is -1.44. The molecule has 0 aliphatic carbocycles. The van der Waals surface area contributed by atoms with E-state index in [9.17, 15) is 18.3 Å². The van der Waals surface area contributed by atoms with Gasteiger partial charge in [-0.25, -0.2) is 8.42 Å². The first kappa shape index (κ1) is 17.9. The largest absolute Gasteiger partial charge is 0.387 e. The van der Waals surface area contributed by atoms with Gasteiger partial charge in [0, 0.05) is 45.9 Å². The van der Waals surface area contributed by atoms with Crippen LogP contribution in [0.25, 0.3) is 0 Å². The van der Waals surface area contributed by atoms with Crippen LogP contribution in [0.3, 0.4) is 0 Å². The molecule has 1 aliphatic rings. The van der Waals surface area contributed by atoms with Gasteiger partial charge in [0.05, 0.1) is 11.0 Å². The maximum Gasteiger partial charge on any atom is 0.219 e. The van der Waals surface area contributed by atoms with Gasteiger partial charge in [-0.3, -0.25) is 9.69 Å². The number of sulfone groups is 1. The molecule has 1 heterocycles. The van der Waals surface area contributed by atoms with E-state index in [1.165, 1.54) is 12.1 Å². The van der Waals surface area contributed by atoms with Crippen LogP contribution in [0.5, 0.6) is 0 Å². The van der Waals surface area contributed by atoms with E-state index in [4.69, 9.17) is 0 Å². The van der Waals surface area contributed by atoms with Crippen molar-refractivity contribution < 1.29 is 18.3 Å². The minimum atomic E-state index is -3.22. The molecule has 1 fully saturated rings. The molecule has 1 aromatic carbocycles. The molecule has 0 aromatic heterocycles. The summed E-state index contributed by atoms with van der Waals surface area (Å²) in [6.07, 6.45) is 1.38. The smallest absolute Gasteiger partial charge is 0.219 e. The number of carbonyl (C=O) groups is 1. The molecule has 1 amide bonds. The lowest BCUT2D eigenvalue weighted by Gasteiger charge is -2.24. The Morgan fingerprint density at radius 2 is 1.83 bits per heavy atom. The van der Waals surface area contributed by atoms with Crippen molar-refractivity contribution in [1.82, 2.24) is 9.80 Å². The van der Waals surface area contributed by atoms with Crippen LogP contribution in [0.1, 0.15) is 25.0 Å². The topological polar surface area (TPSA) is 77.9 Å². The monoisotopic (exact) mass is 340 g/mol. The van der Waals surface area contributed by atoms with Gasteiger partial charge < -0.3 is 10.0 Å². The molecule has 128 valence electrons. The van der Waals surface area contributed by atoms with E-state index in [-0.39, 0.29) is 10.8 Å². The zero-order valence-electron chi connectivity index (χ0n) is 13.6. The summed E-state index contributed by atoms with van der Waals surface area (Å²) >= 11 is 0. The van der Waals surface area contributed by atoms with Crippen molar-refractivity contribution in [3.05, 3.63) is 29.8 Å². The van der Waals surface area contributed by atoms with Crippen LogP contribution < -0.4 is 0 Å². The van der Waals surface area contributed by atoms with Crippen molar-refractivity contribution in [2.45, 2.75) is 24.3 Å². The summed E-state index contributed by atoms with van der Waals surface area (Å²) in [5.41, 5.74) is 0.699. The predicted octanol–water partition coefficient (Wildman–Crippen LogP) is 0.678. The van der Waals surface area contributed by atoms with Gasteiger partial charge >= 0.3 is 0 Å². The minimum Gasteiger partial charge on any atom is -0.387 e. The lowest BCUT2D eigenvalue weighted by Crippen LogP contribution is -2.35. The number of hydrogen-bond acceptors (Lipinski definition) is 5. The molecule has 1 atom stereocenters. The van der Waals surface area contributed by atoms with Crippen LogP contribution in [0.4, 0.5) is 0 Å². The molecular weight excluding hydrogens is 316 g/mol. The van der Waals surface area contributed by atoms with Crippen molar-refractivity contribution in [3.8, 4) is 0 Å². The Morgan fingerprint density at radius 1 is 1.17 bits per heavy atom. The zero-order valence-corrected chi connectivity index (χ0v) is 14.4. The molecule has 1 aliphatic heterocycles. The fourth-order valence-electron chi connectivity index (χ4n) is 2.76. The van der Waals surface area contributed by atoms with Gasteiger partial charge in [-0.05, 0) is 24.1 Å². The molecule has 23 heavy (non-hydrogen) atoms. The number of amides is 1. The second kappa shape index (κ2) is 7.42. The number of aliphatic hydroxyl groups excluding tert-OH is 1. The molecular formula is C16H24N2O4S. The van der Waals surface area contributed by atoms with Crippen LogP contribution in [0.15, 0.2) is 29.2 Å². The van der Waals surface area contributed by atoms with E-state index in [1.807, 2.05) is 4.90 Å². The Labute approximate surface area is 137 Å². The fourth-order valence-corrected chi connectivity index (χ4v) is 3.39. The molecule has 0 spiro atoms. The van der Waals surface area contributed by atoms with Gasteiger partial charge in [-0.1, -0.05) is 12.1 Å². The van der Waals surface area contributed by atoms with Crippen molar-refractivity contribution in [3.63, 3.8) is 0 Å². The van der Waals surface area contributed by atoms with Crippen LogP contribution >= 0.6 is 0 Å². The maximum atomic E-state index is 11.5. The summed E-state index contributed by atoms with van der Waals surface area (Å²) in [5, 5.41) is 10.4. The SMILES string of the molecule is CC(=O)N1CCCN(C[C@H](O)c2ccc(S(C)(=O)=O)cc2)CC1. The Bertz CT molecular complexity index is 643. The molecule has 7 heteroatoms. The number of β-amino-alcohol motifs (C(OH)–C–C–N with tert-alkyl or cyclic N) is 1. The first-order valence-corrected chi connectivity index (χ1v) is 9.62. The Morgan fingerprint density at radius 3 is 2.39 bits per heavy atom. The van der Waals surface area contributed by atoms with E-state index >= 15 is 0 Å². The van der Waals surface area contributed by atoms with Gasteiger partial charge in [-0.2, -0.15) is 0 Å². The zero-order chi connectivity index (χ0) is 17.0. The Balaban J connectivity index is 1.96. The highest BCUT2D eigenvalue weighted by atomic mass is 32.2. The van der Waals surface area contributed by atoms with Crippen LogP contribution in [-0.2, 0) is 14.6 Å². The van der Waals surface area contributed by atoms with Gasteiger partial charge in [0.1, 0.15) is 0 Å².